The molecule has 0 saturated carbocycles. The highest BCUT2D eigenvalue weighted by Crippen LogP contribution is 2.41. The minimum Gasteiger partial charge on any atom is -0.248 e. The molecule has 2 heteroatoms. The Bertz CT molecular complexity index is 2860. The van der Waals surface area contributed by atoms with Gasteiger partial charge in [-0.1, -0.05) is 194 Å². The summed E-state index contributed by atoms with van der Waals surface area (Å²) >= 11 is 0. The number of rotatable bonds is 7. The molecular weight excluding hydrogens is 677 g/mol. The second kappa shape index (κ2) is 14.4. The van der Waals surface area contributed by atoms with Crippen LogP contribution < -0.4 is 0 Å². The molecule has 0 aliphatic rings. The van der Waals surface area contributed by atoms with Crippen molar-refractivity contribution < 1.29 is 0 Å². The van der Waals surface area contributed by atoms with Crippen LogP contribution in [0.4, 0.5) is 0 Å². The molecular formula is C54H36N2. The third-order valence-electron chi connectivity index (χ3n) is 10.7. The van der Waals surface area contributed by atoms with Gasteiger partial charge in [-0.2, -0.15) is 0 Å². The summed E-state index contributed by atoms with van der Waals surface area (Å²) < 4.78 is 0. The summed E-state index contributed by atoms with van der Waals surface area (Å²) in [6.07, 6.45) is 0. The van der Waals surface area contributed by atoms with E-state index in [1.54, 1.807) is 0 Å². The zero-order valence-electron chi connectivity index (χ0n) is 30.7. The van der Waals surface area contributed by atoms with Crippen molar-refractivity contribution in [3.63, 3.8) is 0 Å². The lowest BCUT2D eigenvalue weighted by Crippen LogP contribution is -1.94. The van der Waals surface area contributed by atoms with Gasteiger partial charge in [-0.25, -0.2) is 9.97 Å². The van der Waals surface area contributed by atoms with Crippen LogP contribution in [-0.2, 0) is 0 Å². The molecule has 0 saturated heterocycles. The van der Waals surface area contributed by atoms with Crippen LogP contribution >= 0.6 is 0 Å². The third kappa shape index (κ3) is 6.34. The fourth-order valence-electron chi connectivity index (χ4n) is 7.86. The first-order chi connectivity index (χ1) is 27.7. The summed E-state index contributed by atoms with van der Waals surface area (Å²) in [6, 6.07) is 77.5. The quantitative estimate of drug-likeness (QED) is 0.154. The number of aromatic nitrogens is 2. The molecule has 0 atom stereocenters. The average molecular weight is 713 g/mol. The molecule has 0 amide bonds. The standard InChI is InChI=1S/C54H36N2/c1-5-14-37(15-6-1)39-24-28-43(29-25-39)51-34-45(35-52(56-51)44-30-26-40(27-31-44)38-16-7-2-8-17-38)46-22-13-23-48-47(46)32-33-50-54(48)49(41-18-9-3-10-19-41)36-53(55-50)42-20-11-4-12-21-42/h1-36H. The van der Waals surface area contributed by atoms with Gasteiger partial charge in [-0.05, 0) is 79.5 Å². The number of pyridine rings is 2. The zero-order chi connectivity index (χ0) is 37.3. The summed E-state index contributed by atoms with van der Waals surface area (Å²) in [6.45, 7) is 0. The smallest absolute Gasteiger partial charge is 0.0722 e. The van der Waals surface area contributed by atoms with E-state index in [0.717, 1.165) is 55.8 Å². The van der Waals surface area contributed by atoms with Gasteiger partial charge in [-0.15, -0.1) is 0 Å². The monoisotopic (exact) mass is 712 g/mol. The summed E-state index contributed by atoms with van der Waals surface area (Å²) in [5.74, 6) is 0. The maximum absolute atomic E-state index is 5.32. The van der Waals surface area contributed by atoms with Crippen molar-refractivity contribution in [2.75, 3.05) is 0 Å². The highest BCUT2D eigenvalue weighted by Gasteiger charge is 2.17. The predicted octanol–water partition coefficient (Wildman–Crippen LogP) is 14.5. The molecule has 0 spiro atoms. The van der Waals surface area contributed by atoms with Gasteiger partial charge in [-0.3, -0.25) is 0 Å². The van der Waals surface area contributed by atoms with Crippen molar-refractivity contribution in [3.8, 4) is 78.3 Å². The first-order valence-corrected chi connectivity index (χ1v) is 19.1. The van der Waals surface area contributed by atoms with Gasteiger partial charge in [0.15, 0.2) is 0 Å². The van der Waals surface area contributed by atoms with E-state index >= 15 is 0 Å². The second-order valence-corrected chi connectivity index (χ2v) is 14.2. The minimum absolute atomic E-state index is 0.932. The van der Waals surface area contributed by atoms with Crippen molar-refractivity contribution in [3.05, 3.63) is 218 Å². The van der Waals surface area contributed by atoms with E-state index in [1.807, 2.05) is 6.07 Å². The number of nitrogens with zero attached hydrogens (tertiary/aromatic N) is 2. The Kier molecular flexibility index (Phi) is 8.55. The molecule has 0 aliphatic heterocycles. The van der Waals surface area contributed by atoms with E-state index in [-0.39, 0.29) is 0 Å². The predicted molar refractivity (Wildman–Crippen MR) is 235 cm³/mol. The first-order valence-electron chi connectivity index (χ1n) is 19.1. The van der Waals surface area contributed by atoms with Gasteiger partial charge in [0.2, 0.25) is 0 Å². The van der Waals surface area contributed by atoms with E-state index < -0.39 is 0 Å². The Labute approximate surface area is 327 Å². The Morgan fingerprint density at radius 3 is 1.20 bits per heavy atom. The van der Waals surface area contributed by atoms with Crippen LogP contribution in [-0.4, -0.2) is 9.97 Å². The number of hydrogen-bond acceptors (Lipinski definition) is 2. The highest BCUT2D eigenvalue weighted by atomic mass is 14.7. The van der Waals surface area contributed by atoms with Crippen molar-refractivity contribution in [1.82, 2.24) is 9.97 Å². The molecule has 0 aliphatic carbocycles. The molecule has 0 bridgehead atoms. The molecule has 10 rings (SSSR count). The topological polar surface area (TPSA) is 25.8 Å². The van der Waals surface area contributed by atoms with Gasteiger partial charge in [0.05, 0.1) is 22.6 Å². The molecule has 56 heavy (non-hydrogen) atoms. The van der Waals surface area contributed by atoms with Gasteiger partial charge < -0.3 is 0 Å². The first kappa shape index (κ1) is 33.2. The number of hydrogen-bond donors (Lipinski definition) is 0. The van der Waals surface area contributed by atoms with Crippen molar-refractivity contribution in [1.29, 1.82) is 0 Å². The van der Waals surface area contributed by atoms with Crippen LogP contribution in [0, 0.1) is 0 Å². The summed E-state index contributed by atoms with van der Waals surface area (Å²) in [5.41, 5.74) is 16.4. The summed E-state index contributed by atoms with van der Waals surface area (Å²) in [4.78, 5) is 10.6. The molecule has 262 valence electrons. The van der Waals surface area contributed by atoms with Gasteiger partial charge in [0, 0.05) is 22.1 Å². The fraction of sp³-hybridized carbons (Fsp3) is 0. The number of fused-ring (bicyclic) bond motifs is 3. The zero-order valence-corrected chi connectivity index (χ0v) is 30.7. The fourth-order valence-corrected chi connectivity index (χ4v) is 7.86. The lowest BCUT2D eigenvalue weighted by Gasteiger charge is -2.16. The normalized spacial score (nSPS) is 11.2. The molecule has 2 heterocycles. The highest BCUT2D eigenvalue weighted by molar-refractivity contribution is 6.17. The van der Waals surface area contributed by atoms with Crippen LogP contribution in [0.5, 0.6) is 0 Å². The minimum atomic E-state index is 0.932. The Morgan fingerprint density at radius 1 is 0.232 bits per heavy atom. The van der Waals surface area contributed by atoms with Crippen LogP contribution in [0.25, 0.3) is 100.0 Å². The van der Waals surface area contributed by atoms with E-state index in [0.29, 0.717) is 0 Å². The van der Waals surface area contributed by atoms with Crippen LogP contribution in [0.2, 0.25) is 0 Å². The second-order valence-electron chi connectivity index (χ2n) is 14.2. The lowest BCUT2D eigenvalue weighted by molar-refractivity contribution is 1.32. The van der Waals surface area contributed by atoms with Gasteiger partial charge >= 0.3 is 0 Å². The van der Waals surface area contributed by atoms with Crippen LogP contribution in [0.1, 0.15) is 0 Å². The maximum atomic E-state index is 5.32. The van der Waals surface area contributed by atoms with E-state index in [4.69, 9.17) is 9.97 Å². The van der Waals surface area contributed by atoms with Crippen LogP contribution in [0.3, 0.4) is 0 Å². The average Bonchev–Trinajstić information content (AvgIpc) is 3.29. The molecule has 0 unspecified atom stereocenters. The lowest BCUT2D eigenvalue weighted by atomic mass is 9.90. The molecule has 0 N–H and O–H groups in total. The van der Waals surface area contributed by atoms with Gasteiger partial charge in [0.25, 0.3) is 0 Å². The van der Waals surface area contributed by atoms with E-state index in [2.05, 4.69) is 212 Å². The maximum Gasteiger partial charge on any atom is 0.0722 e. The molecule has 2 nitrogen and oxygen atoms in total. The molecule has 10 aromatic rings. The van der Waals surface area contributed by atoms with Crippen molar-refractivity contribution in [2.24, 2.45) is 0 Å². The van der Waals surface area contributed by atoms with Gasteiger partial charge in [0.1, 0.15) is 0 Å². The summed E-state index contributed by atoms with van der Waals surface area (Å²) in [5, 5.41) is 3.50. The molecule has 0 radical (unpaired) electrons. The molecule has 0 fully saturated rings. The Balaban J connectivity index is 1.16. The van der Waals surface area contributed by atoms with E-state index in [9.17, 15) is 0 Å². The largest absolute Gasteiger partial charge is 0.248 e. The van der Waals surface area contributed by atoms with E-state index in [1.165, 1.54) is 44.2 Å². The van der Waals surface area contributed by atoms with Crippen molar-refractivity contribution in [2.45, 2.75) is 0 Å². The summed E-state index contributed by atoms with van der Waals surface area (Å²) in [7, 11) is 0. The molecule has 8 aromatic carbocycles. The molecule has 2 aromatic heterocycles. The number of benzene rings is 8. The Hall–Kier alpha value is -7.42. The van der Waals surface area contributed by atoms with Crippen LogP contribution in [0.15, 0.2) is 218 Å². The Morgan fingerprint density at radius 2 is 0.661 bits per heavy atom. The third-order valence-corrected chi connectivity index (χ3v) is 10.7. The van der Waals surface area contributed by atoms with Crippen molar-refractivity contribution >= 4 is 21.7 Å². The SMILES string of the molecule is c1ccc(-c2ccc(-c3cc(-c4cccc5c4ccc4nc(-c6ccccc6)cc(-c6ccccc6)c45)cc(-c4ccc(-c5ccccc5)cc4)n3)cc2)cc1.